The Hall–Kier alpha value is -5.09. The lowest BCUT2D eigenvalue weighted by atomic mass is 9.80. The van der Waals surface area contributed by atoms with Crippen molar-refractivity contribution in [2.24, 2.45) is 0 Å². The Kier molecular flexibility index (Phi) is 4.62. The second-order valence-corrected chi connectivity index (χ2v) is 10.4. The Labute approximate surface area is 224 Å². The number of para-hydroxylation sites is 1. The van der Waals surface area contributed by atoms with E-state index in [1.54, 1.807) is 6.33 Å². The van der Waals surface area contributed by atoms with Gasteiger partial charge in [0.2, 0.25) is 5.78 Å². The number of aromatic nitrogens is 6. The maximum atomic E-state index is 9.99. The van der Waals surface area contributed by atoms with E-state index in [0.717, 1.165) is 86.7 Å². The highest BCUT2D eigenvalue weighted by Crippen LogP contribution is 2.41. The Morgan fingerprint density at radius 2 is 1.64 bits per heavy atom. The molecule has 0 N–H and O–H groups in total. The van der Waals surface area contributed by atoms with Crippen LogP contribution in [0.4, 0.5) is 0 Å². The van der Waals surface area contributed by atoms with Crippen molar-refractivity contribution >= 4 is 38.6 Å². The van der Waals surface area contributed by atoms with Crippen LogP contribution in [0, 0.1) is 11.3 Å². The normalized spacial score (nSPS) is 14.9. The number of nitrogens with zero attached hydrogens (tertiary/aromatic N) is 7. The molecule has 39 heavy (non-hydrogen) atoms. The molecule has 7 nitrogen and oxygen atoms in total. The van der Waals surface area contributed by atoms with Gasteiger partial charge in [-0.1, -0.05) is 49.2 Å². The van der Waals surface area contributed by atoms with Gasteiger partial charge in [0, 0.05) is 28.2 Å². The Balaban J connectivity index is 1.35. The van der Waals surface area contributed by atoms with E-state index in [4.69, 9.17) is 4.98 Å². The molecule has 1 fully saturated rings. The van der Waals surface area contributed by atoms with Crippen LogP contribution in [0.15, 0.2) is 91.5 Å². The highest BCUT2D eigenvalue weighted by Gasteiger charge is 2.35. The number of pyridine rings is 2. The standard InChI is InChI=1S/C32H23N7/c33-19-32(13-3-4-14-32)24-8-10-25(11-9-24)39-30-26-16-21(23-15-22-5-1-2-6-27(22)34-17-23)7-12-28(26)35-18-29(30)38-20-36-37-31(38)39/h1-2,5-12,15-18,20H,3-4,13-14H2. The molecular weight excluding hydrogens is 482 g/mol. The van der Waals surface area contributed by atoms with Gasteiger partial charge in [-0.2, -0.15) is 5.26 Å². The third kappa shape index (κ3) is 3.21. The Morgan fingerprint density at radius 3 is 2.49 bits per heavy atom. The van der Waals surface area contributed by atoms with Gasteiger partial charge in [0.05, 0.1) is 39.7 Å². The zero-order valence-electron chi connectivity index (χ0n) is 21.1. The fourth-order valence-electron chi connectivity index (χ4n) is 6.26. The van der Waals surface area contributed by atoms with E-state index in [1.165, 1.54) is 0 Å². The third-order valence-corrected chi connectivity index (χ3v) is 8.31. The van der Waals surface area contributed by atoms with Crippen LogP contribution in [0.1, 0.15) is 31.2 Å². The first-order chi connectivity index (χ1) is 19.2. The predicted octanol–water partition coefficient (Wildman–Crippen LogP) is 6.77. The molecule has 1 saturated carbocycles. The number of imidazole rings is 1. The van der Waals surface area contributed by atoms with Crippen LogP contribution in [-0.2, 0) is 5.41 Å². The van der Waals surface area contributed by atoms with Crippen molar-refractivity contribution in [3.8, 4) is 22.9 Å². The van der Waals surface area contributed by atoms with Gasteiger partial charge in [-0.15, -0.1) is 10.2 Å². The van der Waals surface area contributed by atoms with Crippen molar-refractivity contribution in [1.29, 1.82) is 5.26 Å². The zero-order valence-corrected chi connectivity index (χ0v) is 21.1. The van der Waals surface area contributed by atoms with Gasteiger partial charge >= 0.3 is 0 Å². The van der Waals surface area contributed by atoms with Gasteiger partial charge in [-0.3, -0.25) is 18.9 Å². The van der Waals surface area contributed by atoms with E-state index < -0.39 is 0 Å². The zero-order chi connectivity index (χ0) is 26.0. The van der Waals surface area contributed by atoms with Crippen molar-refractivity contribution in [2.75, 3.05) is 0 Å². The lowest BCUT2D eigenvalue weighted by molar-refractivity contribution is 0.573. The van der Waals surface area contributed by atoms with E-state index in [2.05, 4.69) is 80.4 Å². The summed E-state index contributed by atoms with van der Waals surface area (Å²) in [6.45, 7) is 0. The first-order valence-electron chi connectivity index (χ1n) is 13.2. The van der Waals surface area contributed by atoms with E-state index in [0.29, 0.717) is 0 Å². The minimum absolute atomic E-state index is 0.374. The number of fused-ring (bicyclic) bond motifs is 6. The minimum Gasteiger partial charge on any atom is -0.276 e. The number of benzene rings is 3. The summed E-state index contributed by atoms with van der Waals surface area (Å²) in [6, 6.07) is 27.7. The first kappa shape index (κ1) is 21.9. The number of hydrogen-bond donors (Lipinski definition) is 0. The van der Waals surface area contributed by atoms with Crippen molar-refractivity contribution in [1.82, 2.24) is 29.1 Å². The predicted molar refractivity (Wildman–Crippen MR) is 152 cm³/mol. The lowest BCUT2D eigenvalue weighted by Crippen LogP contribution is -2.19. The van der Waals surface area contributed by atoms with Gasteiger partial charge in [-0.05, 0) is 60.4 Å². The molecule has 0 radical (unpaired) electrons. The molecule has 8 rings (SSSR count). The maximum Gasteiger partial charge on any atom is 0.241 e. The van der Waals surface area contributed by atoms with Crippen LogP contribution in [0.5, 0.6) is 0 Å². The summed E-state index contributed by atoms with van der Waals surface area (Å²) in [7, 11) is 0. The van der Waals surface area contributed by atoms with Crippen molar-refractivity contribution < 1.29 is 0 Å². The third-order valence-electron chi connectivity index (χ3n) is 8.31. The summed E-state index contributed by atoms with van der Waals surface area (Å²) in [6.07, 6.45) is 9.60. The highest BCUT2D eigenvalue weighted by molar-refractivity contribution is 6.06. The van der Waals surface area contributed by atoms with Gasteiger partial charge < -0.3 is 0 Å². The fraction of sp³-hybridized carbons (Fsp3) is 0.156. The number of nitriles is 1. The summed E-state index contributed by atoms with van der Waals surface area (Å²) < 4.78 is 4.12. The average molecular weight is 506 g/mol. The van der Waals surface area contributed by atoms with Crippen molar-refractivity contribution in [3.63, 3.8) is 0 Å². The van der Waals surface area contributed by atoms with Crippen molar-refractivity contribution in [3.05, 3.63) is 97.1 Å². The smallest absolute Gasteiger partial charge is 0.241 e. The molecule has 0 atom stereocenters. The summed E-state index contributed by atoms with van der Waals surface area (Å²) in [5.74, 6) is 0.723. The van der Waals surface area contributed by atoms with E-state index in [1.807, 2.05) is 35.0 Å². The molecule has 0 saturated heterocycles. The minimum atomic E-state index is -0.374. The summed E-state index contributed by atoms with van der Waals surface area (Å²) in [5, 5.41) is 20.8. The SMILES string of the molecule is N#CC1(c2ccc(-n3c4c5cc(-c6cnc7ccccc7c6)ccc5ncc4n4cnnc34)cc2)CCCC1. The Bertz CT molecular complexity index is 2090. The lowest BCUT2D eigenvalue weighted by Gasteiger charge is -2.21. The second kappa shape index (κ2) is 8.20. The van der Waals surface area contributed by atoms with Gasteiger partial charge in [0.1, 0.15) is 6.33 Å². The molecule has 3 aromatic carbocycles. The fourth-order valence-corrected chi connectivity index (χ4v) is 6.26. The first-order valence-corrected chi connectivity index (χ1v) is 13.2. The topological polar surface area (TPSA) is 84.7 Å². The average Bonchev–Trinajstić information content (AvgIpc) is 3.74. The van der Waals surface area contributed by atoms with Crippen LogP contribution >= 0.6 is 0 Å². The van der Waals surface area contributed by atoms with E-state index in [9.17, 15) is 5.26 Å². The van der Waals surface area contributed by atoms with Crippen LogP contribution in [0.2, 0.25) is 0 Å². The molecule has 7 heteroatoms. The molecule has 0 unspecified atom stereocenters. The molecule has 4 heterocycles. The largest absolute Gasteiger partial charge is 0.276 e. The maximum absolute atomic E-state index is 9.99. The Morgan fingerprint density at radius 1 is 0.821 bits per heavy atom. The molecule has 186 valence electrons. The number of hydrogen-bond acceptors (Lipinski definition) is 5. The van der Waals surface area contributed by atoms with E-state index in [-0.39, 0.29) is 5.41 Å². The molecular formula is C32H23N7. The molecule has 1 aliphatic rings. The summed E-state index contributed by atoms with van der Waals surface area (Å²) in [4.78, 5) is 9.45. The number of rotatable bonds is 3. The quantitative estimate of drug-likeness (QED) is 0.264. The van der Waals surface area contributed by atoms with Gasteiger partial charge in [-0.25, -0.2) is 0 Å². The van der Waals surface area contributed by atoms with Crippen LogP contribution in [0.3, 0.4) is 0 Å². The molecule has 0 spiro atoms. The van der Waals surface area contributed by atoms with Crippen LogP contribution in [0.25, 0.3) is 55.4 Å². The monoisotopic (exact) mass is 505 g/mol. The summed E-state index contributed by atoms with van der Waals surface area (Å²) in [5.41, 5.74) is 7.66. The summed E-state index contributed by atoms with van der Waals surface area (Å²) >= 11 is 0. The molecule has 1 aliphatic carbocycles. The van der Waals surface area contributed by atoms with Crippen molar-refractivity contribution in [2.45, 2.75) is 31.1 Å². The molecule has 0 bridgehead atoms. The highest BCUT2D eigenvalue weighted by atomic mass is 15.3. The van der Waals surface area contributed by atoms with Gasteiger partial charge in [0.15, 0.2) is 0 Å². The van der Waals surface area contributed by atoms with Gasteiger partial charge in [0.25, 0.3) is 0 Å². The second-order valence-electron chi connectivity index (χ2n) is 10.4. The van der Waals surface area contributed by atoms with E-state index >= 15 is 0 Å². The van der Waals surface area contributed by atoms with Crippen LogP contribution in [-0.4, -0.2) is 29.1 Å². The molecule has 0 amide bonds. The molecule has 0 aliphatic heterocycles. The van der Waals surface area contributed by atoms with Crippen LogP contribution < -0.4 is 0 Å². The molecule has 7 aromatic rings. The molecule has 4 aromatic heterocycles.